The summed E-state index contributed by atoms with van der Waals surface area (Å²) in [4.78, 5) is 3.94. The monoisotopic (exact) mass is 373 g/mol. The van der Waals surface area contributed by atoms with Crippen molar-refractivity contribution >= 4 is 17.3 Å². The van der Waals surface area contributed by atoms with Crippen LogP contribution < -0.4 is 47.7 Å². The van der Waals surface area contributed by atoms with E-state index < -0.39 is 0 Å². The Balaban J connectivity index is -0.000000640. The van der Waals surface area contributed by atoms with Crippen molar-refractivity contribution in [3.63, 3.8) is 0 Å². The van der Waals surface area contributed by atoms with Gasteiger partial charge in [-0.25, -0.2) is 0 Å². The minimum atomic E-state index is 0. The minimum absolute atomic E-state index is 0. The minimum Gasteiger partial charge on any atom is -1.00 e. The SMILES string of the molecule is Nc1ccc(Oc2cccnc2)c(Cl)c1.[Cl-].[Cl-].[Cl-].[Ti+3]. The number of rotatable bonds is 2. The number of ether oxygens (including phenoxy) is 1. The fourth-order valence-corrected chi connectivity index (χ4v) is 1.36. The Morgan fingerprint density at radius 3 is 2.32 bits per heavy atom. The Hall–Kier alpha value is -0.156. The van der Waals surface area contributed by atoms with Crippen LogP contribution in [0.25, 0.3) is 0 Å². The van der Waals surface area contributed by atoms with Crippen molar-refractivity contribution in [2.75, 3.05) is 5.73 Å². The third-order valence-electron chi connectivity index (χ3n) is 1.82. The van der Waals surface area contributed by atoms with Gasteiger partial charge in [0.1, 0.15) is 11.5 Å². The Bertz CT molecular complexity index is 474. The van der Waals surface area contributed by atoms with Crippen molar-refractivity contribution in [3.05, 3.63) is 47.7 Å². The normalized spacial score (nSPS) is 7.84. The summed E-state index contributed by atoms with van der Waals surface area (Å²) in [5.41, 5.74) is 6.18. The molecule has 0 saturated carbocycles. The second-order valence-electron chi connectivity index (χ2n) is 2.98. The van der Waals surface area contributed by atoms with E-state index in [0.717, 1.165) is 0 Å². The molecule has 3 nitrogen and oxygen atoms in total. The van der Waals surface area contributed by atoms with E-state index in [4.69, 9.17) is 22.1 Å². The summed E-state index contributed by atoms with van der Waals surface area (Å²) >= 11 is 5.95. The van der Waals surface area contributed by atoms with Gasteiger partial charge in [-0.15, -0.1) is 0 Å². The Morgan fingerprint density at radius 1 is 1.11 bits per heavy atom. The number of nitrogens with zero attached hydrogens (tertiary/aromatic N) is 1. The zero-order valence-electron chi connectivity index (χ0n) is 9.49. The summed E-state index contributed by atoms with van der Waals surface area (Å²) < 4.78 is 5.51. The second kappa shape index (κ2) is 11.7. The van der Waals surface area contributed by atoms with Gasteiger partial charge < -0.3 is 47.7 Å². The first-order valence-corrected chi connectivity index (χ1v) is 4.76. The number of benzene rings is 1. The molecule has 19 heavy (non-hydrogen) atoms. The van der Waals surface area contributed by atoms with Gasteiger partial charge >= 0.3 is 21.7 Å². The van der Waals surface area contributed by atoms with E-state index in [-0.39, 0.29) is 58.9 Å². The van der Waals surface area contributed by atoms with Gasteiger partial charge in [0, 0.05) is 11.9 Å². The number of anilines is 1. The Morgan fingerprint density at radius 2 is 1.79 bits per heavy atom. The third kappa shape index (κ3) is 7.26. The molecule has 0 aliphatic heterocycles. The van der Waals surface area contributed by atoms with Crippen LogP contribution in [-0.4, -0.2) is 4.98 Å². The van der Waals surface area contributed by atoms with Crippen molar-refractivity contribution < 1.29 is 63.7 Å². The van der Waals surface area contributed by atoms with Crippen LogP contribution in [-0.2, 0) is 21.7 Å². The molecule has 0 fully saturated rings. The number of nitrogen functional groups attached to an aromatic ring is 1. The topological polar surface area (TPSA) is 48.1 Å². The molecule has 101 valence electrons. The van der Waals surface area contributed by atoms with Crippen LogP contribution in [0.1, 0.15) is 0 Å². The molecule has 1 aromatic carbocycles. The van der Waals surface area contributed by atoms with Gasteiger partial charge in [0.05, 0.1) is 11.2 Å². The largest absolute Gasteiger partial charge is 3.00 e. The molecule has 2 rings (SSSR count). The van der Waals surface area contributed by atoms with Gasteiger partial charge in [0.25, 0.3) is 0 Å². The molecule has 2 aromatic rings. The zero-order chi connectivity index (χ0) is 10.7. The number of aromatic nitrogens is 1. The van der Waals surface area contributed by atoms with Crippen molar-refractivity contribution in [1.82, 2.24) is 4.98 Å². The van der Waals surface area contributed by atoms with Gasteiger partial charge in [-0.1, -0.05) is 11.6 Å². The molecule has 0 aliphatic carbocycles. The molecule has 0 bridgehead atoms. The molecular weight excluding hydrogens is 366 g/mol. The molecule has 0 unspecified atom stereocenters. The van der Waals surface area contributed by atoms with Crippen molar-refractivity contribution in [2.45, 2.75) is 0 Å². The third-order valence-corrected chi connectivity index (χ3v) is 2.11. The Labute approximate surface area is 150 Å². The molecule has 8 heteroatoms. The quantitative estimate of drug-likeness (QED) is 0.421. The summed E-state index contributed by atoms with van der Waals surface area (Å²) in [7, 11) is 0. The first-order valence-electron chi connectivity index (χ1n) is 4.38. The number of pyridine rings is 1. The molecule has 0 amide bonds. The van der Waals surface area contributed by atoms with E-state index in [9.17, 15) is 0 Å². The smallest absolute Gasteiger partial charge is 1.00 e. The van der Waals surface area contributed by atoms with E-state index in [1.807, 2.05) is 0 Å². The van der Waals surface area contributed by atoms with Gasteiger partial charge in [-0.2, -0.15) is 0 Å². The molecule has 1 radical (unpaired) electrons. The molecule has 0 spiro atoms. The van der Waals surface area contributed by atoms with Crippen molar-refractivity contribution in [2.24, 2.45) is 0 Å². The summed E-state index contributed by atoms with van der Waals surface area (Å²) in [6, 6.07) is 8.70. The standard InChI is InChI=1S/C11H9ClN2O.3ClH.Ti/c12-10-6-8(13)3-4-11(10)15-9-2-1-5-14-7-9;;;;/h1-7H,13H2;3*1H;/q;;;;+3/p-3. The fraction of sp³-hybridized carbons (Fsp3) is 0. The molecular formula is C11H9Cl4N2OTi. The van der Waals surface area contributed by atoms with Crippen LogP contribution in [0.2, 0.25) is 5.02 Å². The number of hydrogen-bond donors (Lipinski definition) is 1. The number of nitrogens with two attached hydrogens (primary N) is 1. The van der Waals surface area contributed by atoms with E-state index in [1.54, 1.807) is 42.7 Å². The summed E-state index contributed by atoms with van der Waals surface area (Å²) in [5, 5.41) is 0.485. The van der Waals surface area contributed by atoms with Crippen LogP contribution in [0.15, 0.2) is 42.7 Å². The van der Waals surface area contributed by atoms with Crippen molar-refractivity contribution in [1.29, 1.82) is 0 Å². The molecule has 1 heterocycles. The second-order valence-corrected chi connectivity index (χ2v) is 3.39. The zero-order valence-corrected chi connectivity index (χ0v) is 14.1. The summed E-state index contributed by atoms with van der Waals surface area (Å²) in [6.07, 6.45) is 3.30. The van der Waals surface area contributed by atoms with E-state index in [2.05, 4.69) is 4.98 Å². The summed E-state index contributed by atoms with van der Waals surface area (Å²) in [6.45, 7) is 0. The first-order chi connectivity index (χ1) is 7.25. The van der Waals surface area contributed by atoms with Crippen LogP contribution >= 0.6 is 11.6 Å². The van der Waals surface area contributed by atoms with E-state index >= 15 is 0 Å². The predicted octanol–water partition coefficient (Wildman–Crippen LogP) is -5.88. The molecule has 0 atom stereocenters. The van der Waals surface area contributed by atoms with Gasteiger partial charge in [0.2, 0.25) is 0 Å². The number of hydrogen-bond acceptors (Lipinski definition) is 3. The average Bonchev–Trinajstić information content (AvgIpc) is 2.24. The van der Waals surface area contributed by atoms with E-state index in [0.29, 0.717) is 22.2 Å². The van der Waals surface area contributed by atoms with Crippen LogP contribution in [0, 0.1) is 0 Å². The molecule has 0 aliphatic rings. The predicted molar refractivity (Wildman–Crippen MR) is 60.2 cm³/mol. The van der Waals surface area contributed by atoms with Gasteiger partial charge in [-0.05, 0) is 30.3 Å². The Kier molecular flexibility index (Phi) is 14.7. The maximum Gasteiger partial charge on any atom is 3.00 e. The first kappa shape index (κ1) is 23.9. The molecule has 0 saturated heterocycles. The maximum absolute atomic E-state index is 5.95. The van der Waals surface area contributed by atoms with Gasteiger partial charge in [-0.3, -0.25) is 4.98 Å². The maximum atomic E-state index is 5.95. The van der Waals surface area contributed by atoms with Crippen LogP contribution in [0.4, 0.5) is 5.69 Å². The van der Waals surface area contributed by atoms with Gasteiger partial charge in [0.15, 0.2) is 0 Å². The van der Waals surface area contributed by atoms with Crippen LogP contribution in [0.3, 0.4) is 0 Å². The van der Waals surface area contributed by atoms with Crippen LogP contribution in [0.5, 0.6) is 11.5 Å². The van der Waals surface area contributed by atoms with E-state index in [1.165, 1.54) is 0 Å². The summed E-state index contributed by atoms with van der Waals surface area (Å²) in [5.74, 6) is 1.21. The average molecular weight is 375 g/mol. The fourth-order valence-electron chi connectivity index (χ4n) is 1.13. The number of halogens is 4. The molecule has 1 aromatic heterocycles. The molecule has 2 N–H and O–H groups in total. The van der Waals surface area contributed by atoms with Crippen molar-refractivity contribution in [3.8, 4) is 11.5 Å².